The first-order valence-corrected chi connectivity index (χ1v) is 8.94. The van der Waals surface area contributed by atoms with E-state index in [1.807, 2.05) is 13.0 Å². The second kappa shape index (κ2) is 7.08. The second-order valence-corrected chi connectivity index (χ2v) is 6.81. The molecule has 1 aromatic carbocycles. The molecular formula is C19H21N5O4. The van der Waals surface area contributed by atoms with Crippen molar-refractivity contribution >= 4 is 16.8 Å². The van der Waals surface area contributed by atoms with Crippen LogP contribution in [-0.2, 0) is 11.8 Å². The maximum absolute atomic E-state index is 12.8. The van der Waals surface area contributed by atoms with Gasteiger partial charge in [0.2, 0.25) is 5.88 Å². The normalized spacial score (nSPS) is 19.1. The van der Waals surface area contributed by atoms with Gasteiger partial charge in [0.25, 0.3) is 11.5 Å². The third-order valence-corrected chi connectivity index (χ3v) is 4.87. The molecule has 0 radical (unpaired) electrons. The van der Waals surface area contributed by atoms with Gasteiger partial charge in [0.15, 0.2) is 0 Å². The standard InChI is InChI=1S/C19H21N5O4/c1-11-4-7-17(25)24(21-11)16-10-28-9-15(16)20-18(26)12-5-6-13-14(8-12)22-23(2)19(13)27-3/h4-8,15-16H,9-10H2,1-3H3,(H,20,26). The second-order valence-electron chi connectivity index (χ2n) is 6.81. The SMILES string of the molecule is COc1c2ccc(C(=O)NC3COCC3n3nc(C)ccc3=O)cc2nn1C. The van der Waals surface area contributed by atoms with Gasteiger partial charge in [0.05, 0.1) is 43.0 Å². The van der Waals surface area contributed by atoms with E-state index in [2.05, 4.69) is 15.5 Å². The van der Waals surface area contributed by atoms with Crippen molar-refractivity contribution in [2.75, 3.05) is 20.3 Å². The van der Waals surface area contributed by atoms with Gasteiger partial charge in [0, 0.05) is 18.7 Å². The first-order valence-electron chi connectivity index (χ1n) is 8.94. The Labute approximate surface area is 160 Å². The number of rotatable bonds is 4. The minimum absolute atomic E-state index is 0.220. The monoisotopic (exact) mass is 383 g/mol. The lowest BCUT2D eigenvalue weighted by Crippen LogP contribution is -2.44. The third kappa shape index (κ3) is 3.13. The van der Waals surface area contributed by atoms with Crippen LogP contribution in [-0.4, -0.2) is 51.8 Å². The summed E-state index contributed by atoms with van der Waals surface area (Å²) in [6, 6.07) is 7.69. The summed E-state index contributed by atoms with van der Waals surface area (Å²) < 4.78 is 13.9. The van der Waals surface area contributed by atoms with Gasteiger partial charge in [-0.3, -0.25) is 9.59 Å². The largest absolute Gasteiger partial charge is 0.481 e. The lowest BCUT2D eigenvalue weighted by atomic mass is 10.1. The summed E-state index contributed by atoms with van der Waals surface area (Å²) in [6.07, 6.45) is 0. The van der Waals surface area contributed by atoms with E-state index in [0.29, 0.717) is 30.2 Å². The number of amides is 1. The van der Waals surface area contributed by atoms with Crippen LogP contribution in [0.15, 0.2) is 35.1 Å². The minimum Gasteiger partial charge on any atom is -0.481 e. The average molecular weight is 383 g/mol. The van der Waals surface area contributed by atoms with E-state index in [-0.39, 0.29) is 23.6 Å². The summed E-state index contributed by atoms with van der Waals surface area (Å²) in [6.45, 7) is 2.45. The van der Waals surface area contributed by atoms with Crippen molar-refractivity contribution in [3.05, 3.63) is 51.9 Å². The number of carbonyl (C=O) groups excluding carboxylic acids is 1. The third-order valence-electron chi connectivity index (χ3n) is 4.87. The highest BCUT2D eigenvalue weighted by molar-refractivity contribution is 5.98. The van der Waals surface area contributed by atoms with Crippen molar-refractivity contribution in [2.24, 2.45) is 7.05 Å². The average Bonchev–Trinajstić information content (AvgIpc) is 3.25. The molecule has 3 aromatic rings. The summed E-state index contributed by atoms with van der Waals surface area (Å²) in [7, 11) is 3.37. The number of aryl methyl sites for hydroxylation is 2. The highest BCUT2D eigenvalue weighted by Crippen LogP contribution is 2.25. The zero-order valence-electron chi connectivity index (χ0n) is 15.9. The molecule has 0 bridgehead atoms. The molecule has 2 atom stereocenters. The first-order chi connectivity index (χ1) is 13.5. The zero-order chi connectivity index (χ0) is 19.8. The molecule has 146 valence electrons. The molecule has 1 saturated heterocycles. The Balaban J connectivity index is 1.58. The van der Waals surface area contributed by atoms with Crippen molar-refractivity contribution in [2.45, 2.75) is 19.0 Å². The van der Waals surface area contributed by atoms with Crippen LogP contribution >= 0.6 is 0 Å². The summed E-state index contributed by atoms with van der Waals surface area (Å²) in [4.78, 5) is 25.0. The van der Waals surface area contributed by atoms with E-state index in [4.69, 9.17) is 9.47 Å². The Bertz CT molecular complexity index is 1100. The van der Waals surface area contributed by atoms with Crippen LogP contribution in [0.1, 0.15) is 22.1 Å². The Morgan fingerprint density at radius 3 is 2.86 bits per heavy atom. The number of benzene rings is 1. The fraction of sp³-hybridized carbons (Fsp3) is 0.368. The number of methoxy groups -OCH3 is 1. The van der Waals surface area contributed by atoms with Crippen molar-refractivity contribution in [1.29, 1.82) is 0 Å². The molecule has 2 unspecified atom stereocenters. The van der Waals surface area contributed by atoms with Gasteiger partial charge in [-0.05, 0) is 31.2 Å². The predicted octanol–water partition coefficient (Wildman–Crippen LogP) is 0.817. The number of carbonyl (C=O) groups is 1. The van der Waals surface area contributed by atoms with Crippen LogP contribution in [0.25, 0.3) is 10.9 Å². The van der Waals surface area contributed by atoms with E-state index in [1.165, 1.54) is 10.7 Å². The van der Waals surface area contributed by atoms with Crippen LogP contribution < -0.4 is 15.6 Å². The minimum atomic E-state index is -0.353. The molecule has 9 nitrogen and oxygen atoms in total. The lowest BCUT2D eigenvalue weighted by molar-refractivity contribution is 0.0924. The summed E-state index contributed by atoms with van der Waals surface area (Å²) >= 11 is 0. The fourth-order valence-corrected chi connectivity index (χ4v) is 3.49. The maximum atomic E-state index is 12.8. The van der Waals surface area contributed by atoms with Crippen LogP contribution in [0.5, 0.6) is 5.88 Å². The van der Waals surface area contributed by atoms with Crippen molar-refractivity contribution in [1.82, 2.24) is 24.9 Å². The van der Waals surface area contributed by atoms with Gasteiger partial charge in [-0.2, -0.15) is 10.2 Å². The molecule has 1 N–H and O–H groups in total. The highest BCUT2D eigenvalue weighted by Gasteiger charge is 2.33. The molecule has 9 heteroatoms. The Morgan fingerprint density at radius 1 is 1.25 bits per heavy atom. The van der Waals surface area contributed by atoms with Crippen LogP contribution in [0.3, 0.4) is 0 Å². The number of hydrogen-bond acceptors (Lipinski definition) is 6. The molecule has 4 rings (SSSR count). The molecular weight excluding hydrogens is 362 g/mol. The number of ether oxygens (including phenoxy) is 2. The molecule has 0 aliphatic carbocycles. The van der Waals surface area contributed by atoms with Gasteiger partial charge in [-0.1, -0.05) is 0 Å². The van der Waals surface area contributed by atoms with E-state index in [0.717, 1.165) is 11.1 Å². The van der Waals surface area contributed by atoms with E-state index in [1.54, 1.807) is 37.0 Å². The van der Waals surface area contributed by atoms with Gasteiger partial charge < -0.3 is 14.8 Å². The summed E-state index contributed by atoms with van der Waals surface area (Å²) in [5.41, 5.74) is 1.65. The van der Waals surface area contributed by atoms with Gasteiger partial charge in [0.1, 0.15) is 6.04 Å². The molecule has 1 fully saturated rings. The predicted molar refractivity (Wildman–Crippen MR) is 102 cm³/mol. The smallest absolute Gasteiger partial charge is 0.267 e. The molecule has 1 amide bonds. The molecule has 28 heavy (non-hydrogen) atoms. The molecule has 1 aliphatic heterocycles. The topological polar surface area (TPSA) is 100 Å². The van der Waals surface area contributed by atoms with Crippen LogP contribution in [0.2, 0.25) is 0 Å². The molecule has 0 saturated carbocycles. The van der Waals surface area contributed by atoms with Gasteiger partial charge in [-0.15, -0.1) is 0 Å². The van der Waals surface area contributed by atoms with Crippen molar-refractivity contribution < 1.29 is 14.3 Å². The Kier molecular flexibility index (Phi) is 4.60. The number of hydrogen-bond donors (Lipinski definition) is 1. The fourth-order valence-electron chi connectivity index (χ4n) is 3.49. The Morgan fingerprint density at radius 2 is 2.07 bits per heavy atom. The van der Waals surface area contributed by atoms with Crippen molar-refractivity contribution in [3.63, 3.8) is 0 Å². The van der Waals surface area contributed by atoms with Crippen LogP contribution in [0, 0.1) is 6.92 Å². The first kappa shape index (κ1) is 18.2. The number of aromatic nitrogens is 4. The Hall–Kier alpha value is -3.20. The van der Waals surface area contributed by atoms with E-state index >= 15 is 0 Å². The highest BCUT2D eigenvalue weighted by atomic mass is 16.5. The molecule has 1 aliphatic rings. The number of nitrogens with zero attached hydrogens (tertiary/aromatic N) is 4. The summed E-state index contributed by atoms with van der Waals surface area (Å²) in [5.74, 6) is 0.379. The van der Waals surface area contributed by atoms with Crippen LogP contribution in [0.4, 0.5) is 0 Å². The van der Waals surface area contributed by atoms with E-state index < -0.39 is 0 Å². The molecule has 0 spiro atoms. The summed E-state index contributed by atoms with van der Waals surface area (Å²) in [5, 5.41) is 12.5. The lowest BCUT2D eigenvalue weighted by Gasteiger charge is -2.20. The maximum Gasteiger partial charge on any atom is 0.267 e. The molecule has 2 aromatic heterocycles. The number of nitrogens with one attached hydrogen (secondary N) is 1. The van der Waals surface area contributed by atoms with Gasteiger partial charge in [-0.25, -0.2) is 9.36 Å². The number of fused-ring (bicyclic) bond motifs is 1. The zero-order valence-corrected chi connectivity index (χ0v) is 15.9. The van der Waals surface area contributed by atoms with Gasteiger partial charge >= 0.3 is 0 Å². The quantitative estimate of drug-likeness (QED) is 0.716. The van der Waals surface area contributed by atoms with Crippen molar-refractivity contribution in [3.8, 4) is 5.88 Å². The van der Waals surface area contributed by atoms with E-state index in [9.17, 15) is 9.59 Å². The molecule has 3 heterocycles.